The van der Waals surface area contributed by atoms with Crippen LogP contribution in [-0.4, -0.2) is 0 Å². The summed E-state index contributed by atoms with van der Waals surface area (Å²) >= 11 is 1.85. The van der Waals surface area contributed by atoms with Gasteiger partial charge in [-0.1, -0.05) is 66.7 Å². The fourth-order valence-electron chi connectivity index (χ4n) is 4.37. The quantitative estimate of drug-likeness (QED) is 0.463. The van der Waals surface area contributed by atoms with Gasteiger partial charge in [0.2, 0.25) is 0 Å². The van der Waals surface area contributed by atoms with Crippen LogP contribution in [0.5, 0.6) is 0 Å². The third-order valence-corrected chi connectivity index (χ3v) is 7.52. The Morgan fingerprint density at radius 2 is 1.50 bits per heavy atom. The Kier molecular flexibility index (Phi) is 4.43. The Morgan fingerprint density at radius 3 is 2.18 bits per heavy atom. The molecule has 4 rings (SSSR count). The highest BCUT2D eigenvalue weighted by atomic mass is 32.1. The second-order valence-corrected chi connectivity index (χ2v) is 11.9. The fourth-order valence-corrected chi connectivity index (χ4v) is 5.39. The molecule has 1 heterocycles. The van der Waals surface area contributed by atoms with Gasteiger partial charge in [-0.25, -0.2) is 0 Å². The van der Waals surface area contributed by atoms with E-state index in [1.54, 1.807) is 0 Å². The van der Waals surface area contributed by atoms with Gasteiger partial charge in [0, 0.05) is 10.4 Å². The van der Waals surface area contributed by atoms with Crippen molar-refractivity contribution in [2.24, 2.45) is 0 Å². The van der Waals surface area contributed by atoms with E-state index in [0.717, 1.165) is 0 Å². The predicted molar refractivity (Wildman–Crippen MR) is 126 cm³/mol. The molecule has 1 aromatic heterocycles. The number of fused-ring (bicyclic) bond motifs is 2. The van der Waals surface area contributed by atoms with E-state index in [1.807, 2.05) is 11.3 Å². The van der Waals surface area contributed by atoms with Crippen molar-refractivity contribution in [1.29, 1.82) is 0 Å². The van der Waals surface area contributed by atoms with E-state index >= 15 is 0 Å². The monoisotopic (exact) mass is 391 g/mol. The van der Waals surface area contributed by atoms with E-state index in [1.165, 1.54) is 50.3 Å². The Labute approximate surface area is 174 Å². The summed E-state index contributed by atoms with van der Waals surface area (Å²) in [6.07, 6.45) is 2.50. The normalized spacial score (nSPS) is 18.1. The van der Waals surface area contributed by atoms with E-state index in [9.17, 15) is 0 Å². The van der Waals surface area contributed by atoms with Crippen LogP contribution < -0.4 is 5.32 Å². The molecule has 1 aliphatic carbocycles. The molecule has 1 N–H and O–H groups in total. The topological polar surface area (TPSA) is 12.0 Å². The maximum absolute atomic E-state index is 3.69. The molecule has 0 fully saturated rings. The van der Waals surface area contributed by atoms with Gasteiger partial charge in [-0.2, -0.15) is 0 Å². The summed E-state index contributed by atoms with van der Waals surface area (Å²) in [5.74, 6) is 0. The first-order valence-electron chi connectivity index (χ1n) is 10.4. The fraction of sp³-hybridized carbons (Fsp3) is 0.462. The van der Waals surface area contributed by atoms with Gasteiger partial charge in [0.15, 0.2) is 0 Å². The van der Waals surface area contributed by atoms with E-state index in [4.69, 9.17) is 0 Å². The van der Waals surface area contributed by atoms with Crippen LogP contribution in [0.1, 0.15) is 78.0 Å². The molecule has 1 nitrogen and oxygen atoms in total. The molecule has 148 valence electrons. The number of benzene rings is 2. The lowest BCUT2D eigenvalue weighted by atomic mass is 9.63. The van der Waals surface area contributed by atoms with Gasteiger partial charge in [0.1, 0.15) is 0 Å². The van der Waals surface area contributed by atoms with E-state index < -0.39 is 0 Å². The number of hydrogen-bond donors (Lipinski definition) is 1. The van der Waals surface area contributed by atoms with E-state index in [2.05, 4.69) is 96.2 Å². The molecule has 2 aromatic carbocycles. The minimum atomic E-state index is 0.183. The van der Waals surface area contributed by atoms with Crippen LogP contribution in [0.15, 0.2) is 42.5 Å². The van der Waals surface area contributed by atoms with E-state index in [-0.39, 0.29) is 16.2 Å². The third kappa shape index (κ3) is 3.48. The van der Waals surface area contributed by atoms with Gasteiger partial charge < -0.3 is 5.32 Å². The average molecular weight is 392 g/mol. The van der Waals surface area contributed by atoms with Crippen molar-refractivity contribution < 1.29 is 0 Å². The first-order chi connectivity index (χ1) is 13.0. The van der Waals surface area contributed by atoms with E-state index in [0.29, 0.717) is 0 Å². The molecular formula is C26H33NS. The molecule has 28 heavy (non-hydrogen) atoms. The van der Waals surface area contributed by atoms with Crippen molar-refractivity contribution in [2.45, 2.75) is 77.6 Å². The van der Waals surface area contributed by atoms with Gasteiger partial charge >= 0.3 is 0 Å². The summed E-state index contributed by atoms with van der Waals surface area (Å²) in [5, 5.41) is 6.22. The highest BCUT2D eigenvalue weighted by Gasteiger charge is 2.36. The molecule has 0 unspecified atom stereocenters. The molecule has 1 aliphatic rings. The zero-order valence-electron chi connectivity index (χ0n) is 18.4. The first kappa shape index (κ1) is 19.5. The van der Waals surface area contributed by atoms with Crippen molar-refractivity contribution in [1.82, 2.24) is 0 Å². The molecule has 0 bridgehead atoms. The summed E-state index contributed by atoms with van der Waals surface area (Å²) in [6, 6.07) is 16.2. The molecule has 2 heteroatoms. The number of anilines is 2. The molecule has 0 aliphatic heterocycles. The number of hydrogen-bond acceptors (Lipinski definition) is 2. The van der Waals surface area contributed by atoms with Gasteiger partial charge in [-0.3, -0.25) is 0 Å². The van der Waals surface area contributed by atoms with Crippen LogP contribution in [0, 0.1) is 0 Å². The van der Waals surface area contributed by atoms with Crippen molar-refractivity contribution in [3.8, 4) is 0 Å². The molecule has 0 amide bonds. The molecule has 0 saturated heterocycles. The maximum atomic E-state index is 3.69. The van der Waals surface area contributed by atoms with Crippen molar-refractivity contribution in [2.75, 3.05) is 5.32 Å². The Hall–Kier alpha value is -1.80. The van der Waals surface area contributed by atoms with Gasteiger partial charge in [-0.05, 0) is 75.4 Å². The lowest BCUT2D eigenvalue weighted by Crippen LogP contribution is -2.33. The molecule has 0 spiro atoms. The first-order valence-corrected chi connectivity index (χ1v) is 11.2. The highest BCUT2D eigenvalue weighted by molar-refractivity contribution is 7.22. The number of rotatable bonds is 2. The Bertz CT molecular complexity index is 1030. The zero-order valence-corrected chi connectivity index (χ0v) is 19.2. The standard InChI is InChI=1S/C26H33NS/c1-24(2,3)18-9-8-17-14-23(28-22(17)15-18)27-19-10-11-20-21(16-19)26(6,7)13-12-25(20,4)5/h8-11,14-16,27H,12-13H2,1-7H3. The molecule has 0 radical (unpaired) electrons. The van der Waals surface area contributed by atoms with Crippen LogP contribution in [0.3, 0.4) is 0 Å². The number of thiophene rings is 1. The Balaban J connectivity index is 1.68. The average Bonchev–Trinajstić information content (AvgIpc) is 2.99. The summed E-state index contributed by atoms with van der Waals surface area (Å²) in [4.78, 5) is 0. The lowest BCUT2D eigenvalue weighted by molar-refractivity contribution is 0.332. The molecule has 0 saturated carbocycles. The summed E-state index contributed by atoms with van der Waals surface area (Å²) < 4.78 is 1.36. The number of nitrogens with one attached hydrogen (secondary N) is 1. The minimum absolute atomic E-state index is 0.183. The molecule has 0 atom stereocenters. The van der Waals surface area contributed by atoms with Crippen LogP contribution in [-0.2, 0) is 16.2 Å². The van der Waals surface area contributed by atoms with Crippen molar-refractivity contribution >= 4 is 32.1 Å². The van der Waals surface area contributed by atoms with Gasteiger partial charge in [0.05, 0.1) is 5.00 Å². The minimum Gasteiger partial charge on any atom is -0.347 e. The smallest absolute Gasteiger partial charge is 0.0939 e. The second kappa shape index (κ2) is 6.35. The molecular weight excluding hydrogens is 358 g/mol. The molecule has 3 aromatic rings. The van der Waals surface area contributed by atoms with Crippen molar-refractivity contribution in [3.05, 3.63) is 59.2 Å². The largest absolute Gasteiger partial charge is 0.347 e. The van der Waals surface area contributed by atoms with Crippen LogP contribution in [0.4, 0.5) is 10.7 Å². The van der Waals surface area contributed by atoms with Crippen LogP contribution in [0.2, 0.25) is 0 Å². The SMILES string of the molecule is CC(C)(C)c1ccc2cc(Nc3ccc4c(c3)C(C)(C)CCC4(C)C)sc2c1. The maximum Gasteiger partial charge on any atom is 0.0939 e. The third-order valence-electron chi connectivity index (χ3n) is 6.51. The lowest BCUT2D eigenvalue weighted by Gasteiger charge is -2.42. The highest BCUT2D eigenvalue weighted by Crippen LogP contribution is 2.47. The van der Waals surface area contributed by atoms with Crippen LogP contribution in [0.25, 0.3) is 10.1 Å². The zero-order chi connectivity index (χ0) is 20.3. The van der Waals surface area contributed by atoms with Crippen molar-refractivity contribution in [3.63, 3.8) is 0 Å². The summed E-state index contributed by atoms with van der Waals surface area (Å²) in [6.45, 7) is 16.4. The summed E-state index contributed by atoms with van der Waals surface area (Å²) in [7, 11) is 0. The predicted octanol–water partition coefficient (Wildman–Crippen LogP) is 8.29. The van der Waals surface area contributed by atoms with Gasteiger partial charge in [-0.15, -0.1) is 11.3 Å². The summed E-state index contributed by atoms with van der Waals surface area (Å²) in [5.41, 5.74) is 6.31. The van der Waals surface area contributed by atoms with Crippen LogP contribution >= 0.6 is 11.3 Å². The Morgan fingerprint density at radius 1 is 0.821 bits per heavy atom. The van der Waals surface area contributed by atoms with Gasteiger partial charge in [0.25, 0.3) is 0 Å². The second-order valence-electron chi connectivity index (χ2n) is 10.8.